The van der Waals surface area contributed by atoms with Gasteiger partial charge in [-0.1, -0.05) is 54.6 Å². The van der Waals surface area contributed by atoms with Crippen molar-refractivity contribution in [2.45, 2.75) is 19.7 Å². The van der Waals surface area contributed by atoms with Crippen molar-refractivity contribution in [1.82, 2.24) is 5.32 Å². The Morgan fingerprint density at radius 3 is 2.12 bits per heavy atom. The average molecular weight is 321 g/mol. The molecule has 0 heterocycles. The number of halogens is 1. The highest BCUT2D eigenvalue weighted by molar-refractivity contribution is 5.29. The summed E-state index contributed by atoms with van der Waals surface area (Å²) in [6.45, 7) is 1.90. The lowest BCUT2D eigenvalue weighted by atomic mass is 10.2. The molecule has 0 aromatic heterocycles. The molecule has 0 amide bonds. The minimum atomic E-state index is -0.203. The second kappa shape index (κ2) is 8.27. The Hall–Kier alpha value is -2.65. The largest absolute Gasteiger partial charge is 0.489 e. The van der Waals surface area contributed by atoms with E-state index in [2.05, 4.69) is 5.32 Å². The first-order chi connectivity index (χ1) is 11.8. The quantitative estimate of drug-likeness (QED) is 0.681. The van der Waals surface area contributed by atoms with Crippen molar-refractivity contribution < 1.29 is 9.13 Å². The summed E-state index contributed by atoms with van der Waals surface area (Å²) in [7, 11) is 0. The summed E-state index contributed by atoms with van der Waals surface area (Å²) in [5.41, 5.74) is 3.22. The number of rotatable bonds is 7. The van der Waals surface area contributed by atoms with Crippen LogP contribution in [0.5, 0.6) is 5.75 Å². The van der Waals surface area contributed by atoms with Gasteiger partial charge in [0.1, 0.15) is 18.2 Å². The summed E-state index contributed by atoms with van der Waals surface area (Å²) in [5, 5.41) is 3.32. The molecule has 3 aromatic rings. The van der Waals surface area contributed by atoms with E-state index in [1.807, 2.05) is 60.7 Å². The molecule has 0 saturated heterocycles. The third-order valence-corrected chi connectivity index (χ3v) is 3.69. The van der Waals surface area contributed by atoms with E-state index in [0.29, 0.717) is 19.7 Å². The molecular formula is C21H20FNO. The van der Waals surface area contributed by atoms with E-state index >= 15 is 0 Å². The van der Waals surface area contributed by atoms with E-state index < -0.39 is 0 Å². The van der Waals surface area contributed by atoms with Crippen LogP contribution >= 0.6 is 0 Å². The van der Waals surface area contributed by atoms with Crippen molar-refractivity contribution in [2.24, 2.45) is 0 Å². The van der Waals surface area contributed by atoms with Crippen LogP contribution in [-0.2, 0) is 19.7 Å². The molecule has 0 aliphatic heterocycles. The topological polar surface area (TPSA) is 21.3 Å². The highest BCUT2D eigenvalue weighted by atomic mass is 19.1. The summed E-state index contributed by atoms with van der Waals surface area (Å²) in [6, 6.07) is 24.8. The summed E-state index contributed by atoms with van der Waals surface area (Å²) in [4.78, 5) is 0. The molecule has 122 valence electrons. The Morgan fingerprint density at radius 2 is 1.38 bits per heavy atom. The molecule has 0 atom stereocenters. The van der Waals surface area contributed by atoms with Crippen LogP contribution < -0.4 is 10.1 Å². The van der Waals surface area contributed by atoms with Gasteiger partial charge >= 0.3 is 0 Å². The van der Waals surface area contributed by atoms with E-state index in [4.69, 9.17) is 4.74 Å². The number of hydrogen-bond acceptors (Lipinski definition) is 2. The maximum Gasteiger partial charge on any atom is 0.123 e. The number of benzene rings is 3. The number of hydrogen-bond donors (Lipinski definition) is 1. The van der Waals surface area contributed by atoms with Crippen LogP contribution in [0.2, 0.25) is 0 Å². The zero-order valence-electron chi connectivity index (χ0n) is 13.4. The molecule has 0 bridgehead atoms. The zero-order valence-corrected chi connectivity index (χ0v) is 13.4. The lowest BCUT2D eigenvalue weighted by Gasteiger charge is -2.09. The van der Waals surface area contributed by atoms with E-state index in [0.717, 1.165) is 22.4 Å². The SMILES string of the molecule is Fc1cccc(CNCc2cccc(OCc3ccccc3)c2)c1. The second-order valence-electron chi connectivity index (χ2n) is 5.66. The molecule has 1 N–H and O–H groups in total. The standard InChI is InChI=1S/C21H20FNO/c22-20-10-4-8-18(12-20)14-23-15-19-9-5-11-21(13-19)24-16-17-6-2-1-3-7-17/h1-13,23H,14-16H2. The highest BCUT2D eigenvalue weighted by Crippen LogP contribution is 2.15. The fourth-order valence-corrected chi connectivity index (χ4v) is 2.48. The molecular weight excluding hydrogens is 301 g/mol. The predicted molar refractivity (Wildman–Crippen MR) is 94.2 cm³/mol. The monoisotopic (exact) mass is 321 g/mol. The third kappa shape index (κ3) is 4.93. The van der Waals surface area contributed by atoms with Crippen LogP contribution in [0.1, 0.15) is 16.7 Å². The smallest absolute Gasteiger partial charge is 0.123 e. The molecule has 0 saturated carbocycles. The third-order valence-electron chi connectivity index (χ3n) is 3.69. The van der Waals surface area contributed by atoms with Gasteiger partial charge in [-0.15, -0.1) is 0 Å². The molecule has 0 aliphatic rings. The van der Waals surface area contributed by atoms with E-state index in [1.165, 1.54) is 6.07 Å². The normalized spacial score (nSPS) is 10.5. The van der Waals surface area contributed by atoms with Gasteiger partial charge in [0, 0.05) is 13.1 Å². The van der Waals surface area contributed by atoms with Crippen molar-refractivity contribution in [2.75, 3.05) is 0 Å². The molecule has 2 nitrogen and oxygen atoms in total. The van der Waals surface area contributed by atoms with Gasteiger partial charge in [0.2, 0.25) is 0 Å². The average Bonchev–Trinajstić information content (AvgIpc) is 2.61. The summed E-state index contributed by atoms with van der Waals surface area (Å²) >= 11 is 0. The predicted octanol–water partition coefficient (Wildman–Crippen LogP) is 4.69. The molecule has 24 heavy (non-hydrogen) atoms. The minimum Gasteiger partial charge on any atom is -0.489 e. The minimum absolute atomic E-state index is 0.203. The van der Waals surface area contributed by atoms with Crippen molar-refractivity contribution in [3.8, 4) is 5.75 Å². The van der Waals surface area contributed by atoms with Crippen LogP contribution in [0.15, 0.2) is 78.9 Å². The van der Waals surface area contributed by atoms with Crippen LogP contribution in [0.25, 0.3) is 0 Å². The summed E-state index contributed by atoms with van der Waals surface area (Å²) in [5.74, 6) is 0.648. The first kappa shape index (κ1) is 16.2. The molecule has 3 heteroatoms. The van der Waals surface area contributed by atoms with Gasteiger partial charge in [-0.2, -0.15) is 0 Å². The van der Waals surface area contributed by atoms with Crippen molar-refractivity contribution in [3.63, 3.8) is 0 Å². The summed E-state index contributed by atoms with van der Waals surface area (Å²) in [6.07, 6.45) is 0. The first-order valence-corrected chi connectivity index (χ1v) is 8.00. The van der Waals surface area contributed by atoms with Gasteiger partial charge in [0.15, 0.2) is 0 Å². The Balaban J connectivity index is 1.51. The van der Waals surface area contributed by atoms with Gasteiger partial charge in [0.25, 0.3) is 0 Å². The molecule has 0 radical (unpaired) electrons. The van der Waals surface area contributed by atoms with Gasteiger partial charge in [-0.05, 0) is 41.0 Å². The van der Waals surface area contributed by atoms with Gasteiger partial charge in [-0.3, -0.25) is 0 Å². The summed E-state index contributed by atoms with van der Waals surface area (Å²) < 4.78 is 19.0. The highest BCUT2D eigenvalue weighted by Gasteiger charge is 2.00. The molecule has 0 unspecified atom stereocenters. The number of nitrogens with one attached hydrogen (secondary N) is 1. The van der Waals surface area contributed by atoms with E-state index in [1.54, 1.807) is 12.1 Å². The van der Waals surface area contributed by atoms with Crippen LogP contribution in [0, 0.1) is 5.82 Å². The molecule has 3 rings (SSSR count). The van der Waals surface area contributed by atoms with E-state index in [9.17, 15) is 4.39 Å². The van der Waals surface area contributed by atoms with Gasteiger partial charge in [-0.25, -0.2) is 4.39 Å². The van der Waals surface area contributed by atoms with Crippen LogP contribution in [0.4, 0.5) is 4.39 Å². The van der Waals surface area contributed by atoms with Gasteiger partial charge in [0.05, 0.1) is 0 Å². The van der Waals surface area contributed by atoms with Crippen LogP contribution in [0.3, 0.4) is 0 Å². The van der Waals surface area contributed by atoms with E-state index in [-0.39, 0.29) is 5.82 Å². The van der Waals surface area contributed by atoms with Gasteiger partial charge < -0.3 is 10.1 Å². The lowest BCUT2D eigenvalue weighted by molar-refractivity contribution is 0.306. The fourth-order valence-electron chi connectivity index (χ4n) is 2.48. The first-order valence-electron chi connectivity index (χ1n) is 8.00. The Kier molecular flexibility index (Phi) is 5.59. The molecule has 0 aliphatic carbocycles. The maximum absolute atomic E-state index is 13.2. The Bertz CT molecular complexity index is 774. The lowest BCUT2D eigenvalue weighted by Crippen LogP contribution is -2.12. The molecule has 0 fully saturated rings. The zero-order chi connectivity index (χ0) is 16.6. The Morgan fingerprint density at radius 1 is 0.708 bits per heavy atom. The van der Waals surface area contributed by atoms with Crippen molar-refractivity contribution >= 4 is 0 Å². The fraction of sp³-hybridized carbons (Fsp3) is 0.143. The van der Waals surface area contributed by atoms with Crippen molar-refractivity contribution in [1.29, 1.82) is 0 Å². The number of ether oxygens (including phenoxy) is 1. The van der Waals surface area contributed by atoms with Crippen molar-refractivity contribution in [3.05, 3.63) is 101 Å². The molecule has 3 aromatic carbocycles. The maximum atomic E-state index is 13.2. The molecule has 0 spiro atoms. The Labute approximate surface area is 141 Å². The second-order valence-corrected chi connectivity index (χ2v) is 5.66. The van der Waals surface area contributed by atoms with Crippen LogP contribution in [-0.4, -0.2) is 0 Å².